The molecule has 0 radical (unpaired) electrons. The Hall–Kier alpha value is -1.92. The van der Waals surface area contributed by atoms with Gasteiger partial charge in [-0.3, -0.25) is 0 Å². The standard InChI is InChI=1S/C12H12N4OS/c1-17-7-8-6-11(13)16(15-8)12-14-9-4-2-3-5-10(9)18-12/h2-6H,7,13H2,1H3. The molecule has 3 aromatic rings. The lowest BCUT2D eigenvalue weighted by Gasteiger charge is -1.96. The van der Waals surface area contributed by atoms with E-state index in [0.717, 1.165) is 21.0 Å². The number of ether oxygens (including phenoxy) is 1. The quantitative estimate of drug-likeness (QED) is 0.784. The largest absolute Gasteiger partial charge is 0.383 e. The van der Waals surface area contributed by atoms with Crippen LogP contribution in [-0.2, 0) is 11.3 Å². The van der Waals surface area contributed by atoms with Crippen molar-refractivity contribution in [3.05, 3.63) is 36.0 Å². The van der Waals surface area contributed by atoms with Gasteiger partial charge in [0, 0.05) is 13.2 Å². The van der Waals surface area contributed by atoms with Crippen molar-refractivity contribution in [2.75, 3.05) is 12.8 Å². The smallest absolute Gasteiger partial charge is 0.213 e. The highest BCUT2D eigenvalue weighted by Gasteiger charge is 2.11. The number of para-hydroxylation sites is 1. The summed E-state index contributed by atoms with van der Waals surface area (Å²) in [7, 11) is 1.63. The molecule has 0 fully saturated rings. The molecule has 0 saturated carbocycles. The number of benzene rings is 1. The van der Waals surface area contributed by atoms with E-state index in [0.29, 0.717) is 12.4 Å². The second-order valence-corrected chi connectivity index (χ2v) is 4.88. The molecule has 92 valence electrons. The van der Waals surface area contributed by atoms with Gasteiger partial charge in [0.1, 0.15) is 5.82 Å². The minimum absolute atomic E-state index is 0.447. The Kier molecular flexibility index (Phi) is 2.73. The molecule has 0 spiro atoms. The fourth-order valence-corrected chi connectivity index (χ4v) is 2.71. The number of methoxy groups -OCH3 is 1. The zero-order valence-corrected chi connectivity index (χ0v) is 10.6. The molecule has 0 unspecified atom stereocenters. The SMILES string of the molecule is COCc1cc(N)n(-c2nc3ccccc3s2)n1. The molecule has 1 aromatic carbocycles. The lowest BCUT2D eigenvalue weighted by Crippen LogP contribution is -2.01. The molecule has 18 heavy (non-hydrogen) atoms. The minimum Gasteiger partial charge on any atom is -0.383 e. The van der Waals surface area contributed by atoms with E-state index in [1.807, 2.05) is 24.3 Å². The Balaban J connectivity index is 2.08. The van der Waals surface area contributed by atoms with Crippen LogP contribution in [0.2, 0.25) is 0 Å². The summed E-state index contributed by atoms with van der Waals surface area (Å²) in [6.07, 6.45) is 0. The van der Waals surface area contributed by atoms with Crippen LogP contribution < -0.4 is 5.73 Å². The average Bonchev–Trinajstić information content (AvgIpc) is 2.92. The zero-order valence-electron chi connectivity index (χ0n) is 9.83. The summed E-state index contributed by atoms with van der Waals surface area (Å²) >= 11 is 1.56. The zero-order chi connectivity index (χ0) is 12.5. The van der Waals surface area contributed by atoms with Crippen LogP contribution in [0.5, 0.6) is 0 Å². The monoisotopic (exact) mass is 260 g/mol. The molecule has 6 heteroatoms. The van der Waals surface area contributed by atoms with Crippen LogP contribution in [0.3, 0.4) is 0 Å². The summed E-state index contributed by atoms with van der Waals surface area (Å²) in [5, 5.41) is 5.15. The van der Waals surface area contributed by atoms with E-state index in [4.69, 9.17) is 10.5 Å². The van der Waals surface area contributed by atoms with Gasteiger partial charge in [0.15, 0.2) is 0 Å². The van der Waals surface area contributed by atoms with Gasteiger partial charge in [0.2, 0.25) is 5.13 Å². The van der Waals surface area contributed by atoms with E-state index in [9.17, 15) is 0 Å². The highest BCUT2D eigenvalue weighted by molar-refractivity contribution is 7.20. The number of hydrogen-bond acceptors (Lipinski definition) is 5. The molecule has 0 saturated heterocycles. The van der Waals surface area contributed by atoms with Gasteiger partial charge >= 0.3 is 0 Å². The van der Waals surface area contributed by atoms with E-state index in [-0.39, 0.29) is 0 Å². The number of fused-ring (bicyclic) bond motifs is 1. The highest BCUT2D eigenvalue weighted by Crippen LogP contribution is 2.26. The Labute approximate surface area is 108 Å². The lowest BCUT2D eigenvalue weighted by atomic mass is 10.3. The maximum atomic E-state index is 5.94. The second-order valence-electron chi connectivity index (χ2n) is 3.87. The number of aromatic nitrogens is 3. The number of rotatable bonds is 3. The minimum atomic E-state index is 0.447. The van der Waals surface area contributed by atoms with E-state index >= 15 is 0 Å². The molecule has 2 aromatic heterocycles. The van der Waals surface area contributed by atoms with Gasteiger partial charge in [0.25, 0.3) is 0 Å². The molecule has 2 heterocycles. The highest BCUT2D eigenvalue weighted by atomic mass is 32.1. The first kappa shape index (κ1) is 11.2. The predicted octanol–water partition coefficient (Wildman–Crippen LogP) is 2.21. The maximum Gasteiger partial charge on any atom is 0.213 e. The van der Waals surface area contributed by atoms with Gasteiger partial charge in [-0.15, -0.1) is 0 Å². The molecule has 0 aliphatic rings. The Morgan fingerprint density at radius 2 is 2.22 bits per heavy atom. The molecule has 5 nitrogen and oxygen atoms in total. The first-order valence-electron chi connectivity index (χ1n) is 5.47. The summed E-state index contributed by atoms with van der Waals surface area (Å²) < 4.78 is 7.82. The van der Waals surface area contributed by atoms with Crippen molar-refractivity contribution in [1.82, 2.24) is 14.8 Å². The molecule has 2 N–H and O–H groups in total. The Morgan fingerprint density at radius 1 is 1.39 bits per heavy atom. The van der Waals surface area contributed by atoms with Gasteiger partial charge in [-0.1, -0.05) is 23.5 Å². The first-order valence-corrected chi connectivity index (χ1v) is 6.29. The van der Waals surface area contributed by atoms with Crippen LogP contribution in [0.25, 0.3) is 15.3 Å². The first-order chi connectivity index (χ1) is 8.78. The molecular formula is C12H12N4OS. The van der Waals surface area contributed by atoms with Crippen LogP contribution in [0.15, 0.2) is 30.3 Å². The van der Waals surface area contributed by atoms with E-state index in [1.165, 1.54) is 0 Å². The summed E-state index contributed by atoms with van der Waals surface area (Å²) in [6, 6.07) is 9.77. The van der Waals surface area contributed by atoms with Crippen molar-refractivity contribution in [3.63, 3.8) is 0 Å². The number of anilines is 1. The summed E-state index contributed by atoms with van der Waals surface area (Å²) in [5.41, 5.74) is 7.70. The number of nitrogens with two attached hydrogens (primary N) is 1. The molecule has 3 rings (SSSR count). The predicted molar refractivity (Wildman–Crippen MR) is 71.9 cm³/mol. The lowest BCUT2D eigenvalue weighted by molar-refractivity contribution is 0.181. The fraction of sp³-hybridized carbons (Fsp3) is 0.167. The topological polar surface area (TPSA) is 66.0 Å². The molecule has 0 bridgehead atoms. The van der Waals surface area contributed by atoms with Gasteiger partial charge in [-0.25, -0.2) is 4.98 Å². The number of hydrogen-bond donors (Lipinski definition) is 1. The molecular weight excluding hydrogens is 248 g/mol. The van der Waals surface area contributed by atoms with Crippen molar-refractivity contribution in [2.45, 2.75) is 6.61 Å². The van der Waals surface area contributed by atoms with Gasteiger partial charge < -0.3 is 10.5 Å². The van der Waals surface area contributed by atoms with Crippen LogP contribution in [0.1, 0.15) is 5.69 Å². The average molecular weight is 260 g/mol. The fourth-order valence-electron chi connectivity index (χ4n) is 1.77. The van der Waals surface area contributed by atoms with Crippen LogP contribution in [-0.4, -0.2) is 21.9 Å². The third kappa shape index (κ3) is 1.85. The van der Waals surface area contributed by atoms with Crippen LogP contribution >= 0.6 is 11.3 Å². The molecule has 0 aliphatic heterocycles. The van der Waals surface area contributed by atoms with E-state index < -0.39 is 0 Å². The third-order valence-corrected chi connectivity index (χ3v) is 3.56. The second kappa shape index (κ2) is 4.40. The van der Waals surface area contributed by atoms with Crippen molar-refractivity contribution in [1.29, 1.82) is 0 Å². The molecule has 0 aliphatic carbocycles. The number of nitrogens with zero attached hydrogens (tertiary/aromatic N) is 3. The normalized spacial score (nSPS) is 11.2. The third-order valence-electron chi connectivity index (χ3n) is 2.54. The van der Waals surface area contributed by atoms with Crippen molar-refractivity contribution in [2.24, 2.45) is 0 Å². The van der Waals surface area contributed by atoms with Crippen LogP contribution in [0, 0.1) is 0 Å². The molecule has 0 amide bonds. The summed E-state index contributed by atoms with van der Waals surface area (Å²) in [6.45, 7) is 0.447. The van der Waals surface area contributed by atoms with Crippen molar-refractivity contribution in [3.8, 4) is 5.13 Å². The number of thiazole rings is 1. The summed E-state index contributed by atoms with van der Waals surface area (Å²) in [5.74, 6) is 0.570. The Morgan fingerprint density at radius 3 is 3.00 bits per heavy atom. The van der Waals surface area contributed by atoms with Gasteiger partial charge in [-0.05, 0) is 12.1 Å². The van der Waals surface area contributed by atoms with Crippen molar-refractivity contribution >= 4 is 27.4 Å². The van der Waals surface area contributed by atoms with Gasteiger partial charge in [0.05, 0.1) is 22.5 Å². The maximum absolute atomic E-state index is 5.94. The van der Waals surface area contributed by atoms with Crippen molar-refractivity contribution < 1.29 is 4.74 Å². The Bertz CT molecular complexity index is 655. The van der Waals surface area contributed by atoms with E-state index in [2.05, 4.69) is 10.1 Å². The number of nitrogen functional groups attached to an aromatic ring is 1. The molecule has 0 atom stereocenters. The van der Waals surface area contributed by atoms with Crippen LogP contribution in [0.4, 0.5) is 5.82 Å². The van der Waals surface area contributed by atoms with E-state index in [1.54, 1.807) is 29.2 Å². The van der Waals surface area contributed by atoms with Gasteiger partial charge in [-0.2, -0.15) is 9.78 Å². The summed E-state index contributed by atoms with van der Waals surface area (Å²) in [4.78, 5) is 4.52.